The van der Waals surface area contributed by atoms with E-state index in [2.05, 4.69) is 32.9 Å². The molecule has 2 heterocycles. The number of fused-ring (bicyclic) bond motifs is 2. The molecule has 126 valence electrons. The Morgan fingerprint density at radius 1 is 1.13 bits per heavy atom. The van der Waals surface area contributed by atoms with E-state index in [1.54, 1.807) is 0 Å². The standard InChI is InChI=1S/C20H28O3/c1-13-6-5-11-20(4)18(23-20)10-8-14(2)12-17-16(9-7-13)15(3)19(21)22-17/h6,12,17-18H,5,7-11H2,1-4H3/b13-6-,14-12-/t17-,18-,20-/m0/s1. The second-order valence-electron chi connectivity index (χ2n) is 7.54. The smallest absolute Gasteiger partial charge is 0.334 e. The van der Waals surface area contributed by atoms with Crippen molar-refractivity contribution in [2.45, 2.75) is 84.0 Å². The highest BCUT2D eigenvalue weighted by molar-refractivity contribution is 5.92. The van der Waals surface area contributed by atoms with Crippen LogP contribution in [0.3, 0.4) is 0 Å². The number of hydrogen-bond donors (Lipinski definition) is 0. The van der Waals surface area contributed by atoms with Gasteiger partial charge in [0.25, 0.3) is 0 Å². The molecule has 2 aliphatic heterocycles. The minimum absolute atomic E-state index is 0.0721. The SMILES string of the molecule is CC1=C2CC/C(C)=C\CC[C@]3(C)O[C@H]3CC/C(C)=C\[C@@H]2OC1=O. The molecule has 0 aromatic carbocycles. The van der Waals surface area contributed by atoms with E-state index in [4.69, 9.17) is 9.47 Å². The van der Waals surface area contributed by atoms with Gasteiger partial charge in [0.2, 0.25) is 0 Å². The number of carbonyl (C=O) groups excluding carboxylic acids is 1. The maximum absolute atomic E-state index is 11.9. The molecule has 3 atom stereocenters. The molecular weight excluding hydrogens is 288 g/mol. The Morgan fingerprint density at radius 3 is 2.70 bits per heavy atom. The van der Waals surface area contributed by atoms with Crippen LogP contribution in [-0.4, -0.2) is 23.8 Å². The van der Waals surface area contributed by atoms with Crippen molar-refractivity contribution in [3.8, 4) is 0 Å². The van der Waals surface area contributed by atoms with E-state index < -0.39 is 0 Å². The molecule has 3 aliphatic rings. The summed E-state index contributed by atoms with van der Waals surface area (Å²) in [5, 5.41) is 0. The van der Waals surface area contributed by atoms with Crippen LogP contribution in [-0.2, 0) is 14.3 Å². The monoisotopic (exact) mass is 316 g/mol. The van der Waals surface area contributed by atoms with Gasteiger partial charge in [0.1, 0.15) is 6.10 Å². The lowest BCUT2D eigenvalue weighted by molar-refractivity contribution is -0.138. The van der Waals surface area contributed by atoms with Crippen LogP contribution in [0.4, 0.5) is 0 Å². The highest BCUT2D eigenvalue weighted by Gasteiger charge is 2.50. The van der Waals surface area contributed by atoms with E-state index in [0.29, 0.717) is 6.10 Å². The van der Waals surface area contributed by atoms with E-state index >= 15 is 0 Å². The Kier molecular flexibility index (Phi) is 4.50. The van der Waals surface area contributed by atoms with Crippen molar-refractivity contribution in [1.82, 2.24) is 0 Å². The molecule has 0 aromatic heterocycles. The molecule has 0 aromatic rings. The van der Waals surface area contributed by atoms with Crippen LogP contribution in [0, 0.1) is 0 Å². The lowest BCUT2D eigenvalue weighted by Gasteiger charge is -2.13. The number of epoxide rings is 1. The molecule has 3 heteroatoms. The predicted molar refractivity (Wildman–Crippen MR) is 91.1 cm³/mol. The third kappa shape index (κ3) is 3.60. The molecule has 1 saturated heterocycles. The molecule has 0 radical (unpaired) electrons. The number of allylic oxidation sites excluding steroid dienone is 3. The minimum Gasteiger partial charge on any atom is -0.450 e. The normalized spacial score (nSPS) is 40.1. The lowest BCUT2D eigenvalue weighted by atomic mass is 9.93. The summed E-state index contributed by atoms with van der Waals surface area (Å²) >= 11 is 0. The third-order valence-corrected chi connectivity index (χ3v) is 5.56. The second kappa shape index (κ2) is 6.27. The maximum atomic E-state index is 11.9. The average Bonchev–Trinajstić information content (AvgIpc) is 3.06. The molecule has 0 N–H and O–H groups in total. The van der Waals surface area contributed by atoms with Crippen LogP contribution < -0.4 is 0 Å². The fourth-order valence-corrected chi connectivity index (χ4v) is 3.70. The van der Waals surface area contributed by atoms with Crippen molar-refractivity contribution >= 4 is 5.97 Å². The third-order valence-electron chi connectivity index (χ3n) is 5.56. The van der Waals surface area contributed by atoms with Gasteiger partial charge in [-0.15, -0.1) is 0 Å². The van der Waals surface area contributed by atoms with Crippen LogP contribution in [0.1, 0.15) is 66.2 Å². The summed E-state index contributed by atoms with van der Waals surface area (Å²) in [6.45, 7) is 8.44. The maximum Gasteiger partial charge on any atom is 0.334 e. The van der Waals surface area contributed by atoms with Crippen molar-refractivity contribution in [2.75, 3.05) is 0 Å². The number of carbonyl (C=O) groups is 1. The molecule has 1 aliphatic carbocycles. The zero-order valence-corrected chi connectivity index (χ0v) is 14.8. The summed E-state index contributed by atoms with van der Waals surface area (Å²) in [5.74, 6) is -0.155. The van der Waals surface area contributed by atoms with Gasteiger partial charge in [-0.1, -0.05) is 17.2 Å². The van der Waals surface area contributed by atoms with Gasteiger partial charge < -0.3 is 9.47 Å². The van der Waals surface area contributed by atoms with E-state index in [1.807, 2.05) is 6.92 Å². The van der Waals surface area contributed by atoms with Gasteiger partial charge in [0, 0.05) is 5.57 Å². The molecular formula is C20H28O3. The highest BCUT2D eigenvalue weighted by atomic mass is 16.6. The van der Waals surface area contributed by atoms with Crippen molar-refractivity contribution in [1.29, 1.82) is 0 Å². The van der Waals surface area contributed by atoms with Gasteiger partial charge in [0.15, 0.2) is 0 Å². The first kappa shape index (κ1) is 16.5. The Morgan fingerprint density at radius 2 is 1.91 bits per heavy atom. The van der Waals surface area contributed by atoms with Crippen LogP contribution in [0.25, 0.3) is 0 Å². The predicted octanol–water partition coefficient (Wildman–Crippen LogP) is 4.63. The fraction of sp³-hybridized carbons (Fsp3) is 0.650. The Balaban J connectivity index is 1.80. The first-order valence-electron chi connectivity index (χ1n) is 8.80. The number of rotatable bonds is 0. The number of ether oxygens (including phenoxy) is 2. The van der Waals surface area contributed by atoms with Crippen LogP contribution in [0.5, 0.6) is 0 Å². The van der Waals surface area contributed by atoms with Crippen LogP contribution >= 0.6 is 0 Å². The summed E-state index contributed by atoms with van der Waals surface area (Å²) in [6.07, 6.45) is 10.8. The van der Waals surface area contributed by atoms with E-state index in [-0.39, 0.29) is 17.7 Å². The molecule has 0 spiro atoms. The number of esters is 1. The molecule has 0 amide bonds. The Labute approximate surface area is 139 Å². The summed E-state index contributed by atoms with van der Waals surface area (Å²) in [5.41, 5.74) is 4.71. The largest absolute Gasteiger partial charge is 0.450 e. The second-order valence-corrected chi connectivity index (χ2v) is 7.54. The first-order valence-corrected chi connectivity index (χ1v) is 8.80. The van der Waals surface area contributed by atoms with Crippen molar-refractivity contribution in [3.63, 3.8) is 0 Å². The van der Waals surface area contributed by atoms with E-state index in [0.717, 1.165) is 49.7 Å². The summed E-state index contributed by atoms with van der Waals surface area (Å²) in [4.78, 5) is 11.9. The van der Waals surface area contributed by atoms with Gasteiger partial charge >= 0.3 is 5.97 Å². The van der Waals surface area contributed by atoms with Gasteiger partial charge in [-0.3, -0.25) is 0 Å². The fourth-order valence-electron chi connectivity index (χ4n) is 3.70. The van der Waals surface area contributed by atoms with Crippen LogP contribution in [0.15, 0.2) is 34.4 Å². The molecule has 0 bridgehead atoms. The van der Waals surface area contributed by atoms with E-state index in [9.17, 15) is 4.79 Å². The molecule has 3 rings (SSSR count). The first-order chi connectivity index (χ1) is 10.9. The number of hydrogen-bond acceptors (Lipinski definition) is 3. The zero-order chi connectivity index (χ0) is 16.6. The Hall–Kier alpha value is -1.35. The van der Waals surface area contributed by atoms with Crippen molar-refractivity contribution in [2.24, 2.45) is 0 Å². The minimum atomic E-state index is -0.162. The molecule has 1 fully saturated rings. The molecule has 0 saturated carbocycles. The summed E-state index contributed by atoms with van der Waals surface area (Å²) in [6, 6.07) is 0. The Bertz CT molecular complexity index is 596. The molecule has 0 unspecified atom stereocenters. The van der Waals surface area contributed by atoms with Gasteiger partial charge in [-0.2, -0.15) is 0 Å². The van der Waals surface area contributed by atoms with Gasteiger partial charge in [-0.05, 0) is 77.9 Å². The quantitative estimate of drug-likeness (QED) is 0.371. The van der Waals surface area contributed by atoms with E-state index in [1.165, 1.54) is 11.1 Å². The lowest BCUT2D eigenvalue weighted by Crippen LogP contribution is -2.11. The van der Waals surface area contributed by atoms with Gasteiger partial charge in [-0.25, -0.2) is 4.79 Å². The molecule has 23 heavy (non-hydrogen) atoms. The van der Waals surface area contributed by atoms with Gasteiger partial charge in [0.05, 0.1) is 11.7 Å². The average molecular weight is 316 g/mol. The highest BCUT2D eigenvalue weighted by Crippen LogP contribution is 2.44. The van der Waals surface area contributed by atoms with Crippen molar-refractivity contribution < 1.29 is 14.3 Å². The van der Waals surface area contributed by atoms with Crippen molar-refractivity contribution in [3.05, 3.63) is 34.4 Å². The summed E-state index contributed by atoms with van der Waals surface area (Å²) < 4.78 is 11.5. The topological polar surface area (TPSA) is 38.8 Å². The zero-order valence-electron chi connectivity index (χ0n) is 14.8. The summed E-state index contributed by atoms with van der Waals surface area (Å²) in [7, 11) is 0. The molecule has 3 nitrogen and oxygen atoms in total. The van der Waals surface area contributed by atoms with Crippen LogP contribution in [0.2, 0.25) is 0 Å².